The molecule has 0 bridgehead atoms. The highest BCUT2D eigenvalue weighted by molar-refractivity contribution is 5.89. The number of benzene rings is 1. The molecule has 5 N–H and O–H groups in total. The fourth-order valence-corrected chi connectivity index (χ4v) is 1.03. The Balaban J connectivity index is 2.64. The summed E-state index contributed by atoms with van der Waals surface area (Å²) in [6.07, 6.45) is 0. The molecule has 0 spiro atoms. The van der Waals surface area contributed by atoms with E-state index in [1.165, 1.54) is 0 Å². The SMILES string of the molecule is CCNc1ccc(NC(=N)N)cc1. The Kier molecular flexibility index (Phi) is 3.14. The molecule has 4 heteroatoms. The van der Waals surface area contributed by atoms with E-state index in [0.717, 1.165) is 17.9 Å². The highest BCUT2D eigenvalue weighted by Crippen LogP contribution is 2.12. The molecule has 0 heterocycles. The van der Waals surface area contributed by atoms with Crippen LogP contribution in [0.25, 0.3) is 0 Å². The van der Waals surface area contributed by atoms with Gasteiger partial charge in [0, 0.05) is 17.9 Å². The van der Waals surface area contributed by atoms with Crippen LogP contribution in [0.3, 0.4) is 0 Å². The predicted octanol–water partition coefficient (Wildman–Crippen LogP) is 1.42. The number of guanidine groups is 1. The first-order valence-corrected chi connectivity index (χ1v) is 4.17. The summed E-state index contributed by atoms with van der Waals surface area (Å²) in [5.41, 5.74) is 7.07. The number of anilines is 2. The van der Waals surface area contributed by atoms with Crippen molar-refractivity contribution >= 4 is 17.3 Å². The molecule has 70 valence electrons. The van der Waals surface area contributed by atoms with Gasteiger partial charge >= 0.3 is 0 Å². The van der Waals surface area contributed by atoms with Crippen molar-refractivity contribution in [2.24, 2.45) is 5.73 Å². The second kappa shape index (κ2) is 4.35. The summed E-state index contributed by atoms with van der Waals surface area (Å²) >= 11 is 0. The van der Waals surface area contributed by atoms with Gasteiger partial charge in [0.25, 0.3) is 0 Å². The fourth-order valence-electron chi connectivity index (χ4n) is 1.03. The van der Waals surface area contributed by atoms with Gasteiger partial charge in [-0.3, -0.25) is 5.41 Å². The Morgan fingerprint density at radius 2 is 1.85 bits per heavy atom. The van der Waals surface area contributed by atoms with Crippen molar-refractivity contribution in [3.8, 4) is 0 Å². The van der Waals surface area contributed by atoms with Gasteiger partial charge in [-0.1, -0.05) is 0 Å². The normalized spacial score (nSPS) is 9.31. The van der Waals surface area contributed by atoms with Crippen LogP contribution in [-0.2, 0) is 0 Å². The zero-order valence-corrected chi connectivity index (χ0v) is 7.59. The van der Waals surface area contributed by atoms with E-state index in [4.69, 9.17) is 11.1 Å². The summed E-state index contributed by atoms with van der Waals surface area (Å²) in [6.45, 7) is 2.95. The molecule has 1 aromatic rings. The number of hydrogen-bond acceptors (Lipinski definition) is 2. The maximum absolute atomic E-state index is 7.02. The van der Waals surface area contributed by atoms with E-state index in [1.807, 2.05) is 31.2 Å². The second-order valence-electron chi connectivity index (χ2n) is 2.65. The molecule has 0 atom stereocenters. The summed E-state index contributed by atoms with van der Waals surface area (Å²) in [4.78, 5) is 0. The highest BCUT2D eigenvalue weighted by atomic mass is 15.0. The van der Waals surface area contributed by atoms with Crippen LogP contribution in [-0.4, -0.2) is 12.5 Å². The lowest BCUT2D eigenvalue weighted by molar-refractivity contribution is 1.21. The molecule has 0 aliphatic carbocycles. The van der Waals surface area contributed by atoms with E-state index in [0.29, 0.717) is 0 Å². The maximum atomic E-state index is 7.02. The van der Waals surface area contributed by atoms with Crippen molar-refractivity contribution in [3.05, 3.63) is 24.3 Å². The number of rotatable bonds is 3. The van der Waals surface area contributed by atoms with E-state index in [2.05, 4.69) is 10.6 Å². The molecule has 1 aromatic carbocycles. The third kappa shape index (κ3) is 3.02. The van der Waals surface area contributed by atoms with Gasteiger partial charge in [0.2, 0.25) is 0 Å². The van der Waals surface area contributed by atoms with Crippen LogP contribution in [0.15, 0.2) is 24.3 Å². The standard InChI is InChI=1S/C9H14N4/c1-2-12-7-3-5-8(6-4-7)13-9(10)11/h3-6,12H,2H2,1H3,(H4,10,11,13). The van der Waals surface area contributed by atoms with Gasteiger partial charge in [-0.25, -0.2) is 0 Å². The second-order valence-corrected chi connectivity index (χ2v) is 2.65. The van der Waals surface area contributed by atoms with E-state index in [1.54, 1.807) is 0 Å². The third-order valence-electron chi connectivity index (χ3n) is 1.54. The minimum Gasteiger partial charge on any atom is -0.385 e. The van der Waals surface area contributed by atoms with E-state index < -0.39 is 0 Å². The van der Waals surface area contributed by atoms with Gasteiger partial charge in [-0.15, -0.1) is 0 Å². The summed E-state index contributed by atoms with van der Waals surface area (Å²) in [6, 6.07) is 7.63. The summed E-state index contributed by atoms with van der Waals surface area (Å²) in [5.74, 6) is -0.0452. The Morgan fingerprint density at radius 3 is 2.31 bits per heavy atom. The van der Waals surface area contributed by atoms with Gasteiger partial charge in [-0.05, 0) is 31.2 Å². The van der Waals surface area contributed by atoms with Crippen LogP contribution in [0.4, 0.5) is 11.4 Å². The van der Waals surface area contributed by atoms with Crippen LogP contribution in [0.2, 0.25) is 0 Å². The Hall–Kier alpha value is -1.71. The number of nitrogens with one attached hydrogen (secondary N) is 3. The molecule has 13 heavy (non-hydrogen) atoms. The average Bonchev–Trinajstić information content (AvgIpc) is 2.08. The van der Waals surface area contributed by atoms with E-state index in [-0.39, 0.29) is 5.96 Å². The van der Waals surface area contributed by atoms with E-state index >= 15 is 0 Å². The minimum absolute atomic E-state index is 0.0452. The molecule has 4 nitrogen and oxygen atoms in total. The lowest BCUT2D eigenvalue weighted by atomic mass is 10.3. The van der Waals surface area contributed by atoms with Gasteiger partial charge in [-0.2, -0.15) is 0 Å². The monoisotopic (exact) mass is 178 g/mol. The lowest BCUT2D eigenvalue weighted by Gasteiger charge is -2.05. The van der Waals surface area contributed by atoms with Crippen molar-refractivity contribution in [1.29, 1.82) is 5.41 Å². The molecule has 0 aromatic heterocycles. The number of hydrogen-bond donors (Lipinski definition) is 4. The van der Waals surface area contributed by atoms with Gasteiger partial charge in [0.05, 0.1) is 0 Å². The highest BCUT2D eigenvalue weighted by Gasteiger charge is 1.92. The predicted molar refractivity (Wildman–Crippen MR) is 56.1 cm³/mol. The van der Waals surface area contributed by atoms with Crippen molar-refractivity contribution in [2.45, 2.75) is 6.92 Å². The van der Waals surface area contributed by atoms with Crippen molar-refractivity contribution in [2.75, 3.05) is 17.2 Å². The molecular formula is C9H14N4. The zero-order chi connectivity index (χ0) is 9.68. The summed E-state index contributed by atoms with van der Waals surface area (Å²) < 4.78 is 0. The van der Waals surface area contributed by atoms with Crippen LogP contribution in [0.1, 0.15) is 6.92 Å². The van der Waals surface area contributed by atoms with Crippen molar-refractivity contribution in [3.63, 3.8) is 0 Å². The summed E-state index contributed by atoms with van der Waals surface area (Å²) in [5, 5.41) is 12.9. The van der Waals surface area contributed by atoms with E-state index in [9.17, 15) is 0 Å². The molecule has 1 rings (SSSR count). The Morgan fingerprint density at radius 1 is 1.31 bits per heavy atom. The van der Waals surface area contributed by atoms with Crippen molar-refractivity contribution in [1.82, 2.24) is 0 Å². The summed E-state index contributed by atoms with van der Waals surface area (Å²) in [7, 11) is 0. The largest absolute Gasteiger partial charge is 0.385 e. The lowest BCUT2D eigenvalue weighted by Crippen LogP contribution is -2.20. The number of nitrogens with two attached hydrogens (primary N) is 1. The molecule has 0 fully saturated rings. The van der Waals surface area contributed by atoms with Gasteiger partial charge in [0.15, 0.2) is 5.96 Å². The first kappa shape index (κ1) is 9.38. The average molecular weight is 178 g/mol. The fraction of sp³-hybridized carbons (Fsp3) is 0.222. The Bertz CT molecular complexity index is 278. The molecule has 0 saturated carbocycles. The van der Waals surface area contributed by atoms with Crippen LogP contribution in [0, 0.1) is 5.41 Å². The molecular weight excluding hydrogens is 164 g/mol. The topological polar surface area (TPSA) is 73.9 Å². The molecule has 0 amide bonds. The van der Waals surface area contributed by atoms with Crippen LogP contribution >= 0.6 is 0 Å². The minimum atomic E-state index is -0.0452. The first-order valence-electron chi connectivity index (χ1n) is 4.17. The molecule has 0 aliphatic rings. The van der Waals surface area contributed by atoms with Gasteiger partial charge in [0.1, 0.15) is 0 Å². The molecule has 0 aliphatic heterocycles. The van der Waals surface area contributed by atoms with Crippen molar-refractivity contribution < 1.29 is 0 Å². The zero-order valence-electron chi connectivity index (χ0n) is 7.59. The van der Waals surface area contributed by atoms with Crippen LogP contribution in [0.5, 0.6) is 0 Å². The Labute approximate surface area is 77.7 Å². The first-order chi connectivity index (χ1) is 6.22. The smallest absolute Gasteiger partial charge is 0.190 e. The third-order valence-corrected chi connectivity index (χ3v) is 1.54. The quantitative estimate of drug-likeness (QED) is 0.418. The maximum Gasteiger partial charge on any atom is 0.190 e. The molecule has 0 unspecified atom stereocenters. The van der Waals surface area contributed by atoms with Crippen LogP contribution < -0.4 is 16.4 Å². The molecule has 0 radical (unpaired) electrons. The molecule has 0 saturated heterocycles. The van der Waals surface area contributed by atoms with Gasteiger partial charge < -0.3 is 16.4 Å².